The van der Waals surface area contributed by atoms with Gasteiger partial charge in [-0.15, -0.1) is 0 Å². The molecule has 0 aromatic heterocycles. The molecule has 13 atom stereocenters. The monoisotopic (exact) mass is 699 g/mol. The first kappa shape index (κ1) is 36.6. The van der Waals surface area contributed by atoms with Crippen molar-refractivity contribution < 1.29 is 56.6 Å². The zero-order chi connectivity index (χ0) is 35.5. The SMILES string of the molecule is CC(C)CCC[C@]1(C)OC(=O)[C@]23[C@@H](O)C=C4[C@@H](CC[C@H]5C(C)(C)[C@@H](O[C@@H]6OC[C@@H](OS(=O)(=O)[O-])[C@H](O)[C@H]6O)CC[C@]45C)[C@]2(C)CC[C@@]31O. The molecule has 13 heteroatoms. The third-order valence-corrected chi connectivity index (χ3v) is 14.7. The van der Waals surface area contributed by atoms with E-state index in [4.69, 9.17) is 14.2 Å². The fraction of sp³-hybridized carbons (Fsp3) is 0.914. The largest absolute Gasteiger partial charge is 0.726 e. The van der Waals surface area contributed by atoms with Gasteiger partial charge >= 0.3 is 5.97 Å². The molecule has 274 valence electrons. The molecule has 0 unspecified atom stereocenters. The van der Waals surface area contributed by atoms with E-state index >= 15 is 0 Å². The number of carbonyl (C=O) groups excluding carboxylic acids is 1. The lowest BCUT2D eigenvalue weighted by atomic mass is 9.40. The molecule has 2 saturated heterocycles. The van der Waals surface area contributed by atoms with Gasteiger partial charge in [0.2, 0.25) is 10.4 Å². The number of hydrogen-bond acceptors (Lipinski definition) is 12. The maximum absolute atomic E-state index is 14.2. The zero-order valence-electron chi connectivity index (χ0n) is 29.3. The van der Waals surface area contributed by atoms with E-state index < -0.39 is 87.2 Å². The second-order valence-electron chi connectivity index (χ2n) is 17.4. The lowest BCUT2D eigenvalue weighted by Gasteiger charge is -2.64. The summed E-state index contributed by atoms with van der Waals surface area (Å²) in [5.41, 5.74) is -4.44. The van der Waals surface area contributed by atoms with Crippen LogP contribution < -0.4 is 0 Å². The highest BCUT2D eigenvalue weighted by Gasteiger charge is 2.85. The first-order valence-corrected chi connectivity index (χ1v) is 19.1. The van der Waals surface area contributed by atoms with Crippen molar-refractivity contribution in [2.24, 2.45) is 39.4 Å². The van der Waals surface area contributed by atoms with Gasteiger partial charge in [0.15, 0.2) is 6.29 Å². The predicted octanol–water partition coefficient (Wildman–Crippen LogP) is 3.11. The summed E-state index contributed by atoms with van der Waals surface area (Å²) in [4.78, 5) is 14.2. The Morgan fingerprint density at radius 2 is 1.71 bits per heavy atom. The van der Waals surface area contributed by atoms with Gasteiger partial charge in [-0.2, -0.15) is 0 Å². The summed E-state index contributed by atoms with van der Waals surface area (Å²) >= 11 is 0. The molecule has 0 aromatic rings. The van der Waals surface area contributed by atoms with E-state index in [2.05, 4.69) is 45.7 Å². The van der Waals surface area contributed by atoms with Crippen molar-refractivity contribution in [1.82, 2.24) is 0 Å². The van der Waals surface area contributed by atoms with Crippen LogP contribution >= 0.6 is 0 Å². The summed E-state index contributed by atoms with van der Waals surface area (Å²) in [5, 5.41) is 46.0. The van der Waals surface area contributed by atoms with E-state index in [1.807, 2.05) is 13.0 Å². The molecule has 4 N–H and O–H groups in total. The number of fused-ring (bicyclic) bond motifs is 4. The standard InChI is InChI=1S/C35H56O12S/c1-19(2)9-8-13-33(7)34(40)16-15-32(6)20-10-11-23-30(3,4)25(45-28-27(38)26(37)22(18-44-28)47-48(41,42)43)12-14-31(23,5)21(20)17-24(36)35(32,34)29(39)46-33/h17,19-20,22-28,36-38,40H,8-16,18H2,1-7H3,(H,41,42,43)/p-1/t20-,22-,23+,24+,25+,26+,27-,28+,31-,32+,33+,34+,35-/m1/s1. The van der Waals surface area contributed by atoms with Crippen LogP contribution in [0.4, 0.5) is 0 Å². The minimum Gasteiger partial charge on any atom is -0.726 e. The summed E-state index contributed by atoms with van der Waals surface area (Å²) in [5.74, 6) is 0.0425. The zero-order valence-corrected chi connectivity index (χ0v) is 30.1. The quantitative estimate of drug-likeness (QED) is 0.0953. The van der Waals surface area contributed by atoms with Gasteiger partial charge in [0.05, 0.1) is 18.8 Å². The summed E-state index contributed by atoms with van der Waals surface area (Å²) in [7, 11) is -5.12. The topological polar surface area (TPSA) is 192 Å². The molecule has 48 heavy (non-hydrogen) atoms. The lowest BCUT2D eigenvalue weighted by Crippen LogP contribution is -2.68. The van der Waals surface area contributed by atoms with Crippen molar-refractivity contribution in [3.05, 3.63) is 11.6 Å². The van der Waals surface area contributed by atoms with Crippen molar-refractivity contribution in [2.75, 3.05) is 6.61 Å². The second-order valence-corrected chi connectivity index (χ2v) is 18.4. The Bertz CT molecular complexity index is 1430. The van der Waals surface area contributed by atoms with Gasteiger partial charge in [-0.05, 0) is 92.3 Å². The number of aliphatic hydroxyl groups excluding tert-OH is 3. The number of esters is 1. The summed E-state index contributed by atoms with van der Waals surface area (Å²) < 4.78 is 55.6. The second kappa shape index (κ2) is 11.7. The van der Waals surface area contributed by atoms with E-state index in [-0.39, 0.29) is 17.3 Å². The van der Waals surface area contributed by atoms with Gasteiger partial charge in [-0.1, -0.05) is 59.6 Å². The van der Waals surface area contributed by atoms with E-state index in [9.17, 15) is 38.2 Å². The molecular weight excluding hydrogens is 644 g/mol. The Morgan fingerprint density at radius 1 is 1.02 bits per heavy atom. The highest BCUT2D eigenvalue weighted by molar-refractivity contribution is 7.80. The third kappa shape index (κ3) is 4.96. The molecule has 5 fully saturated rings. The fourth-order valence-electron chi connectivity index (χ4n) is 11.8. The number of allylic oxidation sites excluding steroid dienone is 1. The number of hydrogen-bond donors (Lipinski definition) is 4. The van der Waals surface area contributed by atoms with Gasteiger partial charge in [0.1, 0.15) is 34.9 Å². The molecular formula is C35H55O12S-. The Kier molecular flexibility index (Phi) is 8.91. The van der Waals surface area contributed by atoms with Crippen LogP contribution in [0.1, 0.15) is 106 Å². The van der Waals surface area contributed by atoms with Gasteiger partial charge in [0.25, 0.3) is 0 Å². The van der Waals surface area contributed by atoms with Gasteiger partial charge in [0, 0.05) is 0 Å². The van der Waals surface area contributed by atoms with Gasteiger partial charge in [-0.25, -0.2) is 8.42 Å². The van der Waals surface area contributed by atoms with Crippen LogP contribution in [0.2, 0.25) is 0 Å². The van der Waals surface area contributed by atoms with Crippen molar-refractivity contribution >= 4 is 16.4 Å². The maximum atomic E-state index is 14.2. The average Bonchev–Trinajstić information content (AvgIpc) is 3.33. The van der Waals surface area contributed by atoms with Crippen LogP contribution in [-0.2, 0) is 33.6 Å². The highest BCUT2D eigenvalue weighted by Crippen LogP contribution is 2.77. The molecule has 0 aromatic carbocycles. The first-order valence-electron chi connectivity index (χ1n) is 17.7. The Hall–Kier alpha value is -1.16. The Labute approximate surface area is 284 Å². The lowest BCUT2D eigenvalue weighted by molar-refractivity contribution is -0.300. The number of ether oxygens (including phenoxy) is 3. The molecule has 2 heterocycles. The molecule has 4 aliphatic carbocycles. The van der Waals surface area contributed by atoms with Gasteiger partial charge in [-0.3, -0.25) is 8.98 Å². The van der Waals surface area contributed by atoms with Crippen molar-refractivity contribution in [2.45, 2.75) is 154 Å². The number of cyclic esters (lactones) is 1. The van der Waals surface area contributed by atoms with E-state index in [0.29, 0.717) is 38.0 Å². The van der Waals surface area contributed by atoms with Crippen LogP contribution in [0, 0.1) is 39.4 Å². The minimum absolute atomic E-state index is 0.0390. The normalized spacial score (nSPS) is 49.9. The Balaban J connectivity index is 1.26. The fourth-order valence-corrected chi connectivity index (χ4v) is 12.2. The third-order valence-electron chi connectivity index (χ3n) is 14.2. The van der Waals surface area contributed by atoms with Crippen LogP contribution in [-0.4, -0.2) is 94.0 Å². The van der Waals surface area contributed by atoms with Crippen LogP contribution in [0.15, 0.2) is 11.6 Å². The number of rotatable bonds is 8. The smallest absolute Gasteiger partial charge is 0.319 e. The predicted molar refractivity (Wildman–Crippen MR) is 171 cm³/mol. The number of carbonyl (C=O) groups is 1. The first-order chi connectivity index (χ1) is 22.1. The van der Waals surface area contributed by atoms with Crippen LogP contribution in [0.3, 0.4) is 0 Å². The molecule has 6 rings (SSSR count). The van der Waals surface area contributed by atoms with E-state index in [1.54, 1.807) is 0 Å². The number of aliphatic hydroxyl groups is 4. The van der Waals surface area contributed by atoms with Crippen molar-refractivity contribution in [3.63, 3.8) is 0 Å². The van der Waals surface area contributed by atoms with Crippen molar-refractivity contribution in [1.29, 1.82) is 0 Å². The molecule has 2 aliphatic heterocycles. The summed E-state index contributed by atoms with van der Waals surface area (Å²) in [6.07, 6.45) is 0.232. The Morgan fingerprint density at radius 3 is 2.35 bits per heavy atom. The van der Waals surface area contributed by atoms with E-state index in [0.717, 1.165) is 31.3 Å². The summed E-state index contributed by atoms with van der Waals surface area (Å²) in [6, 6.07) is 0. The van der Waals surface area contributed by atoms with Crippen LogP contribution in [0.25, 0.3) is 0 Å². The van der Waals surface area contributed by atoms with Crippen molar-refractivity contribution in [3.8, 4) is 0 Å². The molecule has 0 bridgehead atoms. The highest BCUT2D eigenvalue weighted by atomic mass is 32.3. The molecule has 12 nitrogen and oxygen atoms in total. The van der Waals surface area contributed by atoms with Gasteiger partial charge < -0.3 is 39.2 Å². The minimum atomic E-state index is -5.12. The molecule has 1 spiro atoms. The molecule has 0 radical (unpaired) electrons. The molecule has 3 saturated carbocycles. The summed E-state index contributed by atoms with van der Waals surface area (Å²) in [6.45, 7) is 14.2. The average molecular weight is 700 g/mol. The maximum Gasteiger partial charge on any atom is 0.319 e. The van der Waals surface area contributed by atoms with E-state index in [1.165, 1.54) is 0 Å². The molecule has 6 aliphatic rings. The van der Waals surface area contributed by atoms with Crippen LogP contribution in [0.5, 0.6) is 0 Å². The molecule has 0 amide bonds.